The van der Waals surface area contributed by atoms with E-state index in [-0.39, 0.29) is 47.4 Å². The molecule has 1 saturated heterocycles. The number of halogens is 1. The third-order valence-corrected chi connectivity index (χ3v) is 10.0. The first kappa shape index (κ1) is 33.7. The highest BCUT2D eigenvalue weighted by molar-refractivity contribution is 6.23. The smallest absolute Gasteiger partial charge is 0.262 e. The fourth-order valence-electron chi connectivity index (χ4n) is 6.88. The number of rotatable bonds is 10. The second-order valence-corrected chi connectivity index (χ2v) is 13.8. The van der Waals surface area contributed by atoms with Crippen molar-refractivity contribution in [1.29, 1.82) is 0 Å². The standard InChI is InChI=1S/C39H34FN7O6/c1-39(2,23-5-10-27(11-6-23)53-36-31(40)13-15-33(43-36)46-18-17-41-45-46)22-3-8-26(9-4-22)52-28-19-25(20-28)42-24-7-12-29-30(21-24)38(51)47(37(29)50)32-14-16-34(48)44-35(32)49/h3-13,15,17-18,21,25,28,32,42H,14,16,19-20H2,1-2H3,(H,44,48,49)/t25-,28-,32?. The van der Waals surface area contributed by atoms with E-state index in [4.69, 9.17) is 9.47 Å². The second-order valence-electron chi connectivity index (χ2n) is 13.8. The highest BCUT2D eigenvalue weighted by atomic mass is 19.1. The zero-order valence-corrected chi connectivity index (χ0v) is 28.8. The molecule has 1 aliphatic carbocycles. The number of nitrogens with zero attached hydrogens (tertiary/aromatic N) is 5. The molecule has 0 radical (unpaired) electrons. The number of aromatic nitrogens is 4. The lowest BCUT2D eigenvalue weighted by molar-refractivity contribution is -0.136. The minimum Gasteiger partial charge on any atom is -0.490 e. The van der Waals surface area contributed by atoms with E-state index in [1.165, 1.54) is 23.0 Å². The molecule has 53 heavy (non-hydrogen) atoms. The molecule has 268 valence electrons. The van der Waals surface area contributed by atoms with Crippen LogP contribution in [0.3, 0.4) is 0 Å². The molecule has 4 heterocycles. The van der Waals surface area contributed by atoms with Crippen molar-refractivity contribution in [1.82, 2.24) is 30.2 Å². The summed E-state index contributed by atoms with van der Waals surface area (Å²) in [6, 6.07) is 22.4. The van der Waals surface area contributed by atoms with Crippen LogP contribution in [0, 0.1) is 5.82 Å². The maximum Gasteiger partial charge on any atom is 0.262 e. The Morgan fingerprint density at radius 1 is 0.868 bits per heavy atom. The third kappa shape index (κ3) is 6.47. The van der Waals surface area contributed by atoms with Crippen LogP contribution in [0.25, 0.3) is 5.82 Å². The van der Waals surface area contributed by atoms with E-state index in [0.29, 0.717) is 17.3 Å². The molecule has 2 aromatic heterocycles. The number of nitrogens with one attached hydrogen (secondary N) is 2. The van der Waals surface area contributed by atoms with Gasteiger partial charge in [-0.3, -0.25) is 29.4 Å². The Bertz CT molecular complexity index is 2240. The first-order chi connectivity index (χ1) is 25.5. The number of hydrogen-bond acceptors (Lipinski definition) is 10. The van der Waals surface area contributed by atoms with Crippen LogP contribution in [0.4, 0.5) is 10.1 Å². The van der Waals surface area contributed by atoms with E-state index in [9.17, 15) is 23.6 Å². The van der Waals surface area contributed by atoms with E-state index in [1.807, 2.05) is 36.4 Å². The van der Waals surface area contributed by atoms with Crippen LogP contribution in [-0.2, 0) is 15.0 Å². The summed E-state index contributed by atoms with van der Waals surface area (Å²) >= 11 is 0. The summed E-state index contributed by atoms with van der Waals surface area (Å²) in [6.07, 6.45) is 4.81. The molecule has 5 aromatic rings. The quantitative estimate of drug-likeness (QED) is 0.181. The fourth-order valence-corrected chi connectivity index (χ4v) is 6.88. The third-order valence-electron chi connectivity index (χ3n) is 10.0. The van der Waals surface area contributed by atoms with E-state index in [2.05, 4.69) is 39.8 Å². The van der Waals surface area contributed by atoms with Crippen LogP contribution in [0.2, 0.25) is 0 Å². The minimum absolute atomic E-state index is 0.00999. The van der Waals surface area contributed by atoms with E-state index >= 15 is 0 Å². The second kappa shape index (κ2) is 13.3. The van der Waals surface area contributed by atoms with Gasteiger partial charge >= 0.3 is 0 Å². The summed E-state index contributed by atoms with van der Waals surface area (Å²) in [5.41, 5.74) is 2.96. The Labute approximate surface area is 303 Å². The number of amides is 4. The Hall–Kier alpha value is -6.44. The maximum atomic E-state index is 14.5. The van der Waals surface area contributed by atoms with E-state index in [1.54, 1.807) is 36.5 Å². The lowest BCUT2D eigenvalue weighted by Gasteiger charge is -2.36. The Morgan fingerprint density at radius 3 is 2.25 bits per heavy atom. The zero-order valence-electron chi connectivity index (χ0n) is 28.8. The number of carbonyl (C=O) groups excluding carboxylic acids is 4. The summed E-state index contributed by atoms with van der Waals surface area (Å²) in [5.74, 6) is -1.27. The lowest BCUT2D eigenvalue weighted by atomic mass is 9.78. The molecule has 1 unspecified atom stereocenters. The molecule has 2 fully saturated rings. The Morgan fingerprint density at radius 2 is 1.57 bits per heavy atom. The van der Waals surface area contributed by atoms with Crippen molar-refractivity contribution in [3.05, 3.63) is 119 Å². The minimum atomic E-state index is -0.999. The van der Waals surface area contributed by atoms with Gasteiger partial charge in [0, 0.05) is 36.4 Å². The molecule has 2 aliphatic heterocycles. The number of benzene rings is 3. The number of ether oxygens (including phenoxy) is 2. The van der Waals surface area contributed by atoms with Gasteiger partial charge in [0.25, 0.3) is 17.7 Å². The monoisotopic (exact) mass is 715 g/mol. The van der Waals surface area contributed by atoms with Crippen LogP contribution in [0.5, 0.6) is 17.4 Å². The van der Waals surface area contributed by atoms with Crippen molar-refractivity contribution in [3.8, 4) is 23.2 Å². The van der Waals surface area contributed by atoms with Crippen LogP contribution in [0.1, 0.15) is 71.4 Å². The van der Waals surface area contributed by atoms with Gasteiger partial charge in [-0.15, -0.1) is 5.10 Å². The van der Waals surface area contributed by atoms with Gasteiger partial charge in [0.1, 0.15) is 23.6 Å². The molecule has 0 spiro atoms. The van der Waals surface area contributed by atoms with Crippen LogP contribution in [-0.4, -0.2) is 66.7 Å². The average molecular weight is 716 g/mol. The first-order valence-electron chi connectivity index (χ1n) is 17.2. The molecular formula is C39H34FN7O6. The first-order valence-corrected chi connectivity index (χ1v) is 17.2. The van der Waals surface area contributed by atoms with E-state index < -0.39 is 35.5 Å². The van der Waals surface area contributed by atoms with Gasteiger partial charge in [0.05, 0.1) is 23.5 Å². The van der Waals surface area contributed by atoms with Crippen LogP contribution >= 0.6 is 0 Å². The molecule has 13 nitrogen and oxygen atoms in total. The molecule has 2 N–H and O–H groups in total. The van der Waals surface area contributed by atoms with Crippen molar-refractivity contribution in [3.63, 3.8) is 0 Å². The molecule has 1 atom stereocenters. The molecule has 4 amide bonds. The largest absolute Gasteiger partial charge is 0.490 e. The lowest BCUT2D eigenvalue weighted by Crippen LogP contribution is -2.54. The number of fused-ring (bicyclic) bond motifs is 1. The molecule has 1 saturated carbocycles. The highest BCUT2D eigenvalue weighted by Crippen LogP contribution is 2.36. The Balaban J connectivity index is 0.846. The van der Waals surface area contributed by atoms with Crippen molar-refractivity contribution in [2.45, 2.75) is 63.1 Å². The maximum absolute atomic E-state index is 14.5. The van der Waals surface area contributed by atoms with Gasteiger partial charge in [0.2, 0.25) is 11.8 Å². The number of pyridine rings is 1. The van der Waals surface area contributed by atoms with Crippen LogP contribution in [0.15, 0.2) is 91.3 Å². The van der Waals surface area contributed by atoms with Crippen molar-refractivity contribution >= 4 is 29.3 Å². The van der Waals surface area contributed by atoms with Crippen molar-refractivity contribution in [2.24, 2.45) is 0 Å². The number of carbonyl (C=O) groups is 4. The van der Waals surface area contributed by atoms with Crippen molar-refractivity contribution in [2.75, 3.05) is 5.32 Å². The number of imide groups is 2. The summed E-state index contributed by atoms with van der Waals surface area (Å²) in [5, 5.41) is 13.3. The Kier molecular flexibility index (Phi) is 8.44. The molecule has 0 bridgehead atoms. The summed E-state index contributed by atoms with van der Waals surface area (Å²) in [6.45, 7) is 4.25. The SMILES string of the molecule is CC(C)(c1ccc(Oc2nc(-n3ccnn3)ccc2F)cc1)c1ccc(O[C@H]2C[C@H](Nc3ccc4c(c3)C(=O)N(C3CCC(=O)NC3=O)C4=O)C2)cc1. The normalized spacial score (nSPS) is 19.8. The van der Waals surface area contributed by atoms with Gasteiger partial charge in [-0.05, 0) is 72.1 Å². The van der Waals surface area contributed by atoms with Gasteiger partial charge in [-0.2, -0.15) is 4.98 Å². The fraction of sp³-hybridized carbons (Fsp3) is 0.256. The predicted molar refractivity (Wildman–Crippen MR) is 188 cm³/mol. The molecule has 8 rings (SSSR count). The molecule has 3 aromatic carbocycles. The average Bonchev–Trinajstić information content (AvgIpc) is 3.76. The molecule has 14 heteroatoms. The van der Waals surface area contributed by atoms with Gasteiger partial charge in [-0.25, -0.2) is 9.07 Å². The summed E-state index contributed by atoms with van der Waals surface area (Å²) < 4.78 is 27.9. The zero-order chi connectivity index (χ0) is 36.9. The molecule has 3 aliphatic rings. The van der Waals surface area contributed by atoms with Gasteiger partial charge in [0.15, 0.2) is 11.6 Å². The van der Waals surface area contributed by atoms with Gasteiger partial charge in [-0.1, -0.05) is 43.3 Å². The molecular weight excluding hydrogens is 681 g/mol. The predicted octanol–water partition coefficient (Wildman–Crippen LogP) is 5.34. The van der Waals surface area contributed by atoms with Crippen LogP contribution < -0.4 is 20.1 Å². The van der Waals surface area contributed by atoms with Crippen molar-refractivity contribution < 1.29 is 33.0 Å². The number of hydrogen-bond donors (Lipinski definition) is 2. The highest BCUT2D eigenvalue weighted by Gasteiger charge is 2.45. The topological polar surface area (TPSA) is 158 Å². The number of piperidine rings is 1. The summed E-state index contributed by atoms with van der Waals surface area (Å²) in [4.78, 5) is 55.3. The van der Waals surface area contributed by atoms with E-state index in [0.717, 1.165) is 34.6 Å². The van der Waals surface area contributed by atoms with Gasteiger partial charge < -0.3 is 14.8 Å². The number of anilines is 1. The summed E-state index contributed by atoms with van der Waals surface area (Å²) in [7, 11) is 0.